The normalized spacial score (nSPS) is 15.3. The van der Waals surface area contributed by atoms with Gasteiger partial charge in [0.25, 0.3) is 0 Å². The minimum Gasteiger partial charge on any atom is -0.508 e. The van der Waals surface area contributed by atoms with Crippen LogP contribution in [0, 0.1) is 5.92 Å². The Morgan fingerprint density at radius 2 is 1.53 bits per heavy atom. The predicted molar refractivity (Wildman–Crippen MR) is 61.9 cm³/mol. The highest BCUT2D eigenvalue weighted by Gasteiger charge is 2.13. The van der Waals surface area contributed by atoms with Crippen LogP contribution in [0.1, 0.15) is 39.4 Å². The first kappa shape index (κ1) is 12.1. The molecule has 2 unspecified atom stereocenters. The van der Waals surface area contributed by atoms with Crippen molar-refractivity contribution in [1.82, 2.24) is 0 Å². The molecule has 0 saturated carbocycles. The van der Waals surface area contributed by atoms with Gasteiger partial charge in [0.2, 0.25) is 0 Å². The molecule has 0 spiro atoms. The largest absolute Gasteiger partial charge is 0.508 e. The van der Waals surface area contributed by atoms with Crippen LogP contribution in [0.15, 0.2) is 24.3 Å². The van der Waals surface area contributed by atoms with Crippen molar-refractivity contribution < 1.29 is 9.84 Å². The Morgan fingerprint density at radius 1 is 1.00 bits per heavy atom. The third-order valence-electron chi connectivity index (χ3n) is 2.72. The van der Waals surface area contributed by atoms with Crippen LogP contribution < -0.4 is 0 Å². The molecule has 0 amide bonds. The maximum Gasteiger partial charge on any atom is 0.115 e. The smallest absolute Gasteiger partial charge is 0.115 e. The molecule has 1 N–H and O–H groups in total. The molecule has 2 atom stereocenters. The molecule has 0 saturated heterocycles. The molecule has 1 rings (SSSR count). The van der Waals surface area contributed by atoms with Gasteiger partial charge in [-0.25, -0.2) is 0 Å². The van der Waals surface area contributed by atoms with Gasteiger partial charge < -0.3 is 9.84 Å². The highest BCUT2D eigenvalue weighted by Crippen LogP contribution is 2.22. The summed E-state index contributed by atoms with van der Waals surface area (Å²) in [5.74, 6) is 0.812. The molecule has 15 heavy (non-hydrogen) atoms. The lowest BCUT2D eigenvalue weighted by atomic mass is 10.1. The fourth-order valence-electron chi connectivity index (χ4n) is 1.30. The molecule has 0 aliphatic heterocycles. The monoisotopic (exact) mass is 208 g/mol. The van der Waals surface area contributed by atoms with Crippen LogP contribution in [0.25, 0.3) is 0 Å². The second-order valence-electron chi connectivity index (χ2n) is 4.32. The summed E-state index contributed by atoms with van der Waals surface area (Å²) in [5.41, 5.74) is 1.10. The van der Waals surface area contributed by atoms with Gasteiger partial charge in [-0.2, -0.15) is 0 Å². The van der Waals surface area contributed by atoms with Crippen molar-refractivity contribution in [2.24, 2.45) is 5.92 Å². The van der Waals surface area contributed by atoms with E-state index in [0.29, 0.717) is 11.7 Å². The van der Waals surface area contributed by atoms with Crippen LogP contribution in [0.3, 0.4) is 0 Å². The van der Waals surface area contributed by atoms with Crippen LogP contribution in [0.5, 0.6) is 5.75 Å². The Kier molecular flexibility index (Phi) is 4.15. The summed E-state index contributed by atoms with van der Waals surface area (Å²) in [6, 6.07) is 7.17. The summed E-state index contributed by atoms with van der Waals surface area (Å²) >= 11 is 0. The van der Waals surface area contributed by atoms with E-state index in [-0.39, 0.29) is 12.2 Å². The fourth-order valence-corrected chi connectivity index (χ4v) is 1.30. The minimum absolute atomic E-state index is 0.0722. The third-order valence-corrected chi connectivity index (χ3v) is 2.72. The Hall–Kier alpha value is -1.02. The van der Waals surface area contributed by atoms with Gasteiger partial charge >= 0.3 is 0 Å². The van der Waals surface area contributed by atoms with Crippen molar-refractivity contribution in [1.29, 1.82) is 0 Å². The van der Waals surface area contributed by atoms with Crippen molar-refractivity contribution in [3.63, 3.8) is 0 Å². The Morgan fingerprint density at radius 3 is 2.00 bits per heavy atom. The molecule has 0 heterocycles. The van der Waals surface area contributed by atoms with Gasteiger partial charge in [-0.05, 0) is 37.5 Å². The topological polar surface area (TPSA) is 29.5 Å². The van der Waals surface area contributed by atoms with E-state index in [9.17, 15) is 0 Å². The maximum atomic E-state index is 9.17. The van der Waals surface area contributed by atoms with Gasteiger partial charge in [-0.15, -0.1) is 0 Å². The molecule has 0 bridgehead atoms. The average Bonchev–Trinajstić information content (AvgIpc) is 2.18. The summed E-state index contributed by atoms with van der Waals surface area (Å²) in [4.78, 5) is 0. The van der Waals surface area contributed by atoms with E-state index in [1.165, 1.54) is 0 Å². The predicted octanol–water partition coefficient (Wildman–Crippen LogP) is 3.51. The summed E-state index contributed by atoms with van der Waals surface area (Å²) in [6.45, 7) is 8.41. The minimum atomic E-state index is 0.0722. The van der Waals surface area contributed by atoms with Crippen LogP contribution in [0.4, 0.5) is 0 Å². The lowest BCUT2D eigenvalue weighted by molar-refractivity contribution is -0.0172. The zero-order valence-corrected chi connectivity index (χ0v) is 9.90. The Bertz CT molecular complexity index is 290. The lowest BCUT2D eigenvalue weighted by Crippen LogP contribution is -2.17. The average molecular weight is 208 g/mol. The molecule has 2 heteroatoms. The molecule has 1 aromatic rings. The number of aromatic hydroxyl groups is 1. The fraction of sp³-hybridized carbons (Fsp3) is 0.538. The zero-order chi connectivity index (χ0) is 11.4. The first-order valence-electron chi connectivity index (χ1n) is 5.45. The van der Waals surface area contributed by atoms with Crippen molar-refractivity contribution in [3.05, 3.63) is 29.8 Å². The van der Waals surface area contributed by atoms with Gasteiger partial charge in [0.05, 0.1) is 12.2 Å². The van der Waals surface area contributed by atoms with Crippen LogP contribution in [-0.2, 0) is 4.74 Å². The van der Waals surface area contributed by atoms with E-state index in [4.69, 9.17) is 9.84 Å². The molecule has 1 aromatic carbocycles. The van der Waals surface area contributed by atoms with E-state index in [2.05, 4.69) is 20.8 Å². The molecular formula is C13H20O2. The number of benzene rings is 1. The number of ether oxygens (including phenoxy) is 1. The van der Waals surface area contributed by atoms with Gasteiger partial charge in [-0.1, -0.05) is 26.0 Å². The first-order valence-corrected chi connectivity index (χ1v) is 5.45. The number of hydrogen-bond acceptors (Lipinski definition) is 2. The third kappa shape index (κ3) is 3.56. The van der Waals surface area contributed by atoms with Crippen molar-refractivity contribution in [2.75, 3.05) is 0 Å². The maximum absolute atomic E-state index is 9.17. The van der Waals surface area contributed by atoms with E-state index < -0.39 is 0 Å². The first-order chi connectivity index (χ1) is 7.00. The second-order valence-corrected chi connectivity index (χ2v) is 4.32. The highest BCUT2D eigenvalue weighted by molar-refractivity contribution is 5.27. The van der Waals surface area contributed by atoms with Crippen LogP contribution >= 0.6 is 0 Å². The second kappa shape index (κ2) is 5.17. The quantitative estimate of drug-likeness (QED) is 0.820. The summed E-state index contributed by atoms with van der Waals surface area (Å²) in [6.07, 6.45) is 0.316. The van der Waals surface area contributed by atoms with E-state index >= 15 is 0 Å². The van der Waals surface area contributed by atoms with Gasteiger partial charge in [-0.3, -0.25) is 0 Å². The molecule has 0 aliphatic carbocycles. The van der Waals surface area contributed by atoms with Crippen LogP contribution in [-0.4, -0.2) is 11.2 Å². The molecule has 0 radical (unpaired) electrons. The molecule has 84 valence electrons. The molecular weight excluding hydrogens is 188 g/mol. The summed E-state index contributed by atoms with van der Waals surface area (Å²) in [5, 5.41) is 9.17. The number of phenols is 1. The lowest BCUT2D eigenvalue weighted by Gasteiger charge is -2.22. The van der Waals surface area contributed by atoms with Gasteiger partial charge in [0.1, 0.15) is 5.75 Å². The van der Waals surface area contributed by atoms with Gasteiger partial charge in [0, 0.05) is 0 Å². The molecule has 0 aromatic heterocycles. The zero-order valence-electron chi connectivity index (χ0n) is 9.90. The van der Waals surface area contributed by atoms with Crippen molar-refractivity contribution >= 4 is 0 Å². The van der Waals surface area contributed by atoms with E-state index in [1.54, 1.807) is 12.1 Å². The summed E-state index contributed by atoms with van der Waals surface area (Å²) in [7, 11) is 0. The molecule has 0 fully saturated rings. The number of phenolic OH excluding ortho intramolecular Hbond substituents is 1. The standard InChI is InChI=1S/C13H20O2/c1-9(2)10(3)15-11(4)12-5-7-13(14)8-6-12/h5-11,14H,1-4H3. The SMILES string of the molecule is CC(OC(C)C(C)C)c1ccc(O)cc1. The van der Waals surface area contributed by atoms with Crippen molar-refractivity contribution in [3.8, 4) is 5.75 Å². The van der Waals surface area contributed by atoms with Crippen LogP contribution in [0.2, 0.25) is 0 Å². The molecule has 0 aliphatic rings. The molecule has 2 nitrogen and oxygen atoms in total. The number of hydrogen-bond donors (Lipinski definition) is 1. The van der Waals surface area contributed by atoms with Gasteiger partial charge in [0.15, 0.2) is 0 Å². The highest BCUT2D eigenvalue weighted by atomic mass is 16.5. The van der Waals surface area contributed by atoms with E-state index in [1.807, 2.05) is 19.1 Å². The summed E-state index contributed by atoms with van der Waals surface area (Å²) < 4.78 is 5.86. The van der Waals surface area contributed by atoms with Crippen molar-refractivity contribution in [2.45, 2.75) is 39.9 Å². The Balaban J connectivity index is 2.61. The number of rotatable bonds is 4. The Labute approximate surface area is 91.9 Å². The van der Waals surface area contributed by atoms with E-state index in [0.717, 1.165) is 5.56 Å².